The lowest BCUT2D eigenvalue weighted by molar-refractivity contribution is 0.475. The molecule has 0 aromatic heterocycles. The summed E-state index contributed by atoms with van der Waals surface area (Å²) in [4.78, 5) is 4.20. The zero-order valence-corrected chi connectivity index (χ0v) is 11.3. The van der Waals surface area contributed by atoms with Crippen molar-refractivity contribution in [2.45, 2.75) is 0 Å². The monoisotopic (exact) mass is 299 g/mol. The number of hydrogen-bond acceptors (Lipinski definition) is 2. The zero-order chi connectivity index (χ0) is 13.1. The summed E-state index contributed by atoms with van der Waals surface area (Å²) in [5.41, 5.74) is 1.18. The first-order valence-corrected chi connectivity index (χ1v) is 6.17. The minimum atomic E-state index is -0.0428. The van der Waals surface area contributed by atoms with E-state index in [9.17, 15) is 5.11 Å². The highest BCUT2D eigenvalue weighted by molar-refractivity contribution is 6.36. The number of phenols is 1. The molecule has 0 radical (unpaired) electrons. The van der Waals surface area contributed by atoms with E-state index in [1.54, 1.807) is 30.3 Å². The first-order chi connectivity index (χ1) is 8.56. The van der Waals surface area contributed by atoms with Gasteiger partial charge in [0.1, 0.15) is 5.75 Å². The molecule has 5 heteroatoms. The summed E-state index contributed by atoms with van der Waals surface area (Å²) in [5.74, 6) is -0.0428. The van der Waals surface area contributed by atoms with Crippen LogP contribution in [0, 0.1) is 0 Å². The lowest BCUT2D eigenvalue weighted by Gasteiger charge is -2.02. The van der Waals surface area contributed by atoms with Crippen LogP contribution in [0.25, 0.3) is 0 Å². The van der Waals surface area contributed by atoms with E-state index >= 15 is 0 Å². The number of benzene rings is 2. The average Bonchev–Trinajstić information content (AvgIpc) is 2.34. The predicted molar refractivity (Wildman–Crippen MR) is 76.8 cm³/mol. The van der Waals surface area contributed by atoms with Crippen molar-refractivity contribution in [2.75, 3.05) is 0 Å². The van der Waals surface area contributed by atoms with Gasteiger partial charge in [-0.05, 0) is 36.4 Å². The number of rotatable bonds is 2. The van der Waals surface area contributed by atoms with Crippen LogP contribution in [0.5, 0.6) is 5.75 Å². The van der Waals surface area contributed by atoms with Crippen LogP contribution < -0.4 is 0 Å². The molecule has 0 spiro atoms. The molecule has 18 heavy (non-hydrogen) atoms. The summed E-state index contributed by atoms with van der Waals surface area (Å²) in [6.45, 7) is 0. The molecule has 2 aromatic carbocycles. The molecular formula is C13H8Cl3NO. The molecule has 0 bridgehead atoms. The van der Waals surface area contributed by atoms with Gasteiger partial charge in [0.15, 0.2) is 0 Å². The highest BCUT2D eigenvalue weighted by atomic mass is 35.5. The average molecular weight is 301 g/mol. The van der Waals surface area contributed by atoms with Crippen LogP contribution in [0.1, 0.15) is 5.56 Å². The maximum Gasteiger partial charge on any atom is 0.143 e. The quantitative estimate of drug-likeness (QED) is 0.769. The van der Waals surface area contributed by atoms with E-state index in [2.05, 4.69) is 4.99 Å². The van der Waals surface area contributed by atoms with Crippen molar-refractivity contribution in [3.63, 3.8) is 0 Å². The number of aromatic hydroxyl groups is 1. The Kier molecular flexibility index (Phi) is 4.12. The van der Waals surface area contributed by atoms with Crippen LogP contribution >= 0.6 is 34.8 Å². The normalized spacial score (nSPS) is 11.1. The summed E-state index contributed by atoms with van der Waals surface area (Å²) in [5, 5.41) is 11.0. The molecule has 0 unspecified atom stereocenters. The molecule has 2 aromatic rings. The molecule has 2 nitrogen and oxygen atoms in total. The molecule has 0 saturated carbocycles. The first kappa shape index (κ1) is 13.2. The molecule has 0 aliphatic carbocycles. The molecule has 0 aliphatic heterocycles. The van der Waals surface area contributed by atoms with Crippen LogP contribution in [0.3, 0.4) is 0 Å². The van der Waals surface area contributed by atoms with Gasteiger partial charge in [0.05, 0.1) is 10.7 Å². The fourth-order valence-corrected chi connectivity index (χ4v) is 1.99. The Bertz CT molecular complexity index is 594. The van der Waals surface area contributed by atoms with Crippen LogP contribution in [-0.2, 0) is 0 Å². The van der Waals surface area contributed by atoms with Crippen molar-refractivity contribution < 1.29 is 5.11 Å². The number of aliphatic imine (C=N–C) groups is 1. The van der Waals surface area contributed by atoms with Gasteiger partial charge in [-0.15, -0.1) is 0 Å². The second-order valence-electron chi connectivity index (χ2n) is 3.56. The number of phenolic OH excluding ortho intramolecular Hbond substituents is 1. The van der Waals surface area contributed by atoms with Gasteiger partial charge in [-0.2, -0.15) is 0 Å². The van der Waals surface area contributed by atoms with Crippen LogP contribution in [-0.4, -0.2) is 11.3 Å². The molecule has 2 rings (SSSR count). The molecule has 0 atom stereocenters. The number of hydrogen-bond donors (Lipinski definition) is 1. The van der Waals surface area contributed by atoms with E-state index < -0.39 is 0 Å². The van der Waals surface area contributed by atoms with Crippen LogP contribution in [0.4, 0.5) is 5.69 Å². The minimum Gasteiger partial charge on any atom is -0.506 e. The smallest absolute Gasteiger partial charge is 0.143 e. The Morgan fingerprint density at radius 2 is 1.61 bits per heavy atom. The molecule has 0 amide bonds. The Morgan fingerprint density at radius 3 is 2.28 bits per heavy atom. The fraction of sp³-hybridized carbons (Fsp3) is 0. The third kappa shape index (κ3) is 3.16. The van der Waals surface area contributed by atoms with Crippen molar-refractivity contribution in [2.24, 2.45) is 4.99 Å². The standard InChI is InChI=1S/C13H8Cl3NO/c14-9-1-3-11(4-2-9)17-7-8-5-10(15)6-12(16)13(8)18/h1-7,18H/b17-7+. The maximum atomic E-state index is 9.74. The van der Waals surface area contributed by atoms with E-state index in [-0.39, 0.29) is 10.8 Å². The van der Waals surface area contributed by atoms with Crippen molar-refractivity contribution in [3.8, 4) is 5.75 Å². The van der Waals surface area contributed by atoms with Crippen LogP contribution in [0.15, 0.2) is 41.4 Å². The lowest BCUT2D eigenvalue weighted by Crippen LogP contribution is -1.83. The molecule has 0 saturated heterocycles. The molecule has 1 N–H and O–H groups in total. The van der Waals surface area contributed by atoms with Gasteiger partial charge in [0.2, 0.25) is 0 Å². The van der Waals surface area contributed by atoms with Gasteiger partial charge in [-0.3, -0.25) is 4.99 Å². The third-order valence-electron chi connectivity index (χ3n) is 2.24. The van der Waals surface area contributed by atoms with Gasteiger partial charge in [-0.1, -0.05) is 34.8 Å². The Morgan fingerprint density at radius 1 is 0.944 bits per heavy atom. The van der Waals surface area contributed by atoms with Gasteiger partial charge in [0.25, 0.3) is 0 Å². The van der Waals surface area contributed by atoms with Gasteiger partial charge in [-0.25, -0.2) is 0 Å². The predicted octanol–water partition coefficient (Wildman–Crippen LogP) is 5.10. The highest BCUT2D eigenvalue weighted by Gasteiger charge is 2.05. The highest BCUT2D eigenvalue weighted by Crippen LogP contribution is 2.30. The Labute approximate surface area is 119 Å². The lowest BCUT2D eigenvalue weighted by atomic mass is 10.2. The molecule has 0 heterocycles. The van der Waals surface area contributed by atoms with Gasteiger partial charge < -0.3 is 5.11 Å². The fourth-order valence-electron chi connectivity index (χ4n) is 1.36. The van der Waals surface area contributed by atoms with Crippen molar-refractivity contribution in [3.05, 3.63) is 57.0 Å². The van der Waals surface area contributed by atoms with Crippen molar-refractivity contribution >= 4 is 46.7 Å². The summed E-state index contributed by atoms with van der Waals surface area (Å²) >= 11 is 17.4. The maximum absolute atomic E-state index is 9.74. The minimum absolute atomic E-state index is 0.0428. The summed E-state index contributed by atoms with van der Waals surface area (Å²) < 4.78 is 0. The Hall–Kier alpha value is -1.22. The number of nitrogens with zero attached hydrogens (tertiary/aromatic N) is 1. The van der Waals surface area contributed by atoms with Crippen molar-refractivity contribution in [1.82, 2.24) is 0 Å². The summed E-state index contributed by atoms with van der Waals surface area (Å²) in [7, 11) is 0. The third-order valence-corrected chi connectivity index (χ3v) is 3.00. The second kappa shape index (κ2) is 5.61. The van der Waals surface area contributed by atoms with E-state index in [1.807, 2.05) is 0 Å². The van der Waals surface area contributed by atoms with E-state index in [0.717, 1.165) is 5.69 Å². The van der Waals surface area contributed by atoms with E-state index in [0.29, 0.717) is 15.6 Å². The molecular weight excluding hydrogens is 293 g/mol. The van der Waals surface area contributed by atoms with Gasteiger partial charge in [0, 0.05) is 21.8 Å². The zero-order valence-electron chi connectivity index (χ0n) is 9.07. The largest absolute Gasteiger partial charge is 0.506 e. The second-order valence-corrected chi connectivity index (χ2v) is 4.84. The first-order valence-electron chi connectivity index (χ1n) is 5.04. The molecule has 0 fully saturated rings. The Balaban J connectivity index is 2.31. The van der Waals surface area contributed by atoms with E-state index in [1.165, 1.54) is 12.3 Å². The summed E-state index contributed by atoms with van der Waals surface area (Å²) in [6.07, 6.45) is 1.50. The topological polar surface area (TPSA) is 32.6 Å². The summed E-state index contributed by atoms with van der Waals surface area (Å²) in [6, 6.07) is 10.1. The number of halogens is 3. The van der Waals surface area contributed by atoms with E-state index in [4.69, 9.17) is 34.8 Å². The SMILES string of the molecule is Oc1c(Cl)cc(Cl)cc1/C=N/c1ccc(Cl)cc1. The molecule has 92 valence electrons. The van der Waals surface area contributed by atoms with Gasteiger partial charge >= 0.3 is 0 Å². The van der Waals surface area contributed by atoms with Crippen LogP contribution in [0.2, 0.25) is 15.1 Å². The molecule has 0 aliphatic rings. The van der Waals surface area contributed by atoms with Crippen molar-refractivity contribution in [1.29, 1.82) is 0 Å².